The third kappa shape index (κ3) is 6.73. The van der Waals surface area contributed by atoms with Crippen LogP contribution in [-0.4, -0.2) is 34.8 Å². The van der Waals surface area contributed by atoms with E-state index in [1.807, 2.05) is 24.3 Å². The molecule has 1 aliphatic rings. The highest BCUT2D eigenvalue weighted by atomic mass is 32.2. The van der Waals surface area contributed by atoms with Crippen LogP contribution in [0.4, 0.5) is 0 Å². The van der Waals surface area contributed by atoms with Gasteiger partial charge in [0.05, 0.1) is 7.11 Å². The lowest BCUT2D eigenvalue weighted by Crippen LogP contribution is -2.37. The third-order valence-electron chi connectivity index (χ3n) is 4.29. The molecule has 2 rings (SSSR count). The molecule has 0 saturated heterocycles. The Balaban J connectivity index is 1.69. The molecule has 128 valence electrons. The average Bonchev–Trinajstić information content (AvgIpc) is 2.82. The zero-order valence-corrected chi connectivity index (χ0v) is 14.7. The lowest BCUT2D eigenvalue weighted by Gasteiger charge is -2.16. The van der Waals surface area contributed by atoms with Gasteiger partial charge in [-0.3, -0.25) is 9.00 Å². The Kier molecular flexibility index (Phi) is 7.59. The third-order valence-corrected chi connectivity index (χ3v) is 5.53. The van der Waals surface area contributed by atoms with E-state index in [2.05, 4.69) is 5.32 Å². The molecule has 1 aromatic carbocycles. The molecule has 0 bridgehead atoms. The first-order chi connectivity index (χ1) is 11.2. The summed E-state index contributed by atoms with van der Waals surface area (Å²) >= 11 is 0. The fraction of sp³-hybridized carbons (Fsp3) is 0.611. The van der Waals surface area contributed by atoms with Crippen LogP contribution in [0.25, 0.3) is 0 Å². The van der Waals surface area contributed by atoms with E-state index in [-0.39, 0.29) is 17.7 Å². The molecule has 0 aromatic heterocycles. The van der Waals surface area contributed by atoms with E-state index in [0.717, 1.165) is 24.2 Å². The molecule has 1 fully saturated rings. The first kappa shape index (κ1) is 18.0. The van der Waals surface area contributed by atoms with Crippen LogP contribution in [0.5, 0.6) is 5.75 Å². The largest absolute Gasteiger partial charge is 0.497 e. The van der Waals surface area contributed by atoms with Crippen molar-refractivity contribution in [2.75, 3.05) is 18.6 Å². The summed E-state index contributed by atoms with van der Waals surface area (Å²) in [5.41, 5.74) is 1.11. The standard InChI is InChI=1S/C18H27NO3S/c1-22-17-10-8-15(9-11-17)12-13-23(21)14-18(20)19-16-6-4-2-3-5-7-16/h8-11,16H,2-7,12-14H2,1H3,(H,19,20). The Morgan fingerprint density at radius 2 is 1.83 bits per heavy atom. The van der Waals surface area contributed by atoms with Crippen LogP contribution in [-0.2, 0) is 22.0 Å². The van der Waals surface area contributed by atoms with Gasteiger partial charge in [0.1, 0.15) is 11.5 Å². The molecule has 1 aromatic rings. The van der Waals surface area contributed by atoms with Crippen LogP contribution in [0, 0.1) is 0 Å². The average molecular weight is 337 g/mol. The van der Waals surface area contributed by atoms with Gasteiger partial charge in [-0.15, -0.1) is 0 Å². The van der Waals surface area contributed by atoms with Gasteiger partial charge in [0.2, 0.25) is 5.91 Å². The van der Waals surface area contributed by atoms with Gasteiger partial charge in [0.15, 0.2) is 0 Å². The van der Waals surface area contributed by atoms with E-state index < -0.39 is 10.8 Å². The summed E-state index contributed by atoms with van der Waals surface area (Å²) in [7, 11) is 0.526. The normalized spacial score (nSPS) is 17.3. The van der Waals surface area contributed by atoms with Gasteiger partial charge in [-0.25, -0.2) is 0 Å². The Morgan fingerprint density at radius 3 is 2.43 bits per heavy atom. The fourth-order valence-corrected chi connectivity index (χ4v) is 3.92. The minimum Gasteiger partial charge on any atom is -0.497 e. The van der Waals surface area contributed by atoms with E-state index in [4.69, 9.17) is 4.74 Å². The molecular weight excluding hydrogens is 310 g/mol. The monoisotopic (exact) mass is 337 g/mol. The van der Waals surface area contributed by atoms with E-state index >= 15 is 0 Å². The van der Waals surface area contributed by atoms with Crippen LogP contribution in [0.2, 0.25) is 0 Å². The fourth-order valence-electron chi connectivity index (χ4n) is 2.94. The minimum absolute atomic E-state index is 0.0648. The van der Waals surface area contributed by atoms with Crippen LogP contribution < -0.4 is 10.1 Å². The second-order valence-electron chi connectivity index (χ2n) is 6.14. The summed E-state index contributed by atoms with van der Waals surface area (Å²) in [5, 5.41) is 3.05. The van der Waals surface area contributed by atoms with Crippen molar-refractivity contribution < 1.29 is 13.7 Å². The van der Waals surface area contributed by atoms with Gasteiger partial charge in [-0.1, -0.05) is 37.8 Å². The lowest BCUT2D eigenvalue weighted by molar-refractivity contribution is -0.119. The van der Waals surface area contributed by atoms with Crippen molar-refractivity contribution in [2.45, 2.75) is 51.0 Å². The number of ether oxygens (including phenoxy) is 1. The molecule has 1 atom stereocenters. The molecule has 0 spiro atoms. The highest BCUT2D eigenvalue weighted by molar-refractivity contribution is 7.85. The molecule has 1 amide bonds. The van der Waals surface area contributed by atoms with E-state index in [0.29, 0.717) is 12.2 Å². The SMILES string of the molecule is COc1ccc(CCS(=O)CC(=O)NC2CCCCCC2)cc1. The molecule has 5 heteroatoms. The molecule has 0 radical (unpaired) electrons. The number of methoxy groups -OCH3 is 1. The molecule has 4 nitrogen and oxygen atoms in total. The molecular formula is C18H27NO3S. The van der Waals surface area contributed by atoms with Crippen LogP contribution in [0.15, 0.2) is 24.3 Å². The Bertz CT molecular complexity index is 508. The number of benzene rings is 1. The number of amides is 1. The lowest BCUT2D eigenvalue weighted by atomic mass is 10.1. The van der Waals surface area contributed by atoms with Gasteiger partial charge in [0.25, 0.3) is 0 Å². The van der Waals surface area contributed by atoms with Gasteiger partial charge < -0.3 is 10.1 Å². The Labute approximate surface area is 141 Å². The topological polar surface area (TPSA) is 55.4 Å². The number of carbonyl (C=O) groups is 1. The summed E-state index contributed by atoms with van der Waals surface area (Å²) in [5.74, 6) is 1.39. The smallest absolute Gasteiger partial charge is 0.232 e. The van der Waals surface area contributed by atoms with Gasteiger partial charge >= 0.3 is 0 Å². The number of hydrogen-bond acceptors (Lipinski definition) is 3. The molecule has 0 aliphatic heterocycles. The second kappa shape index (κ2) is 9.71. The first-order valence-corrected chi connectivity index (χ1v) is 9.93. The number of hydrogen-bond donors (Lipinski definition) is 1. The van der Waals surface area contributed by atoms with E-state index in [9.17, 15) is 9.00 Å². The van der Waals surface area contributed by atoms with Crippen molar-refractivity contribution >= 4 is 16.7 Å². The highest BCUT2D eigenvalue weighted by Gasteiger charge is 2.16. The second-order valence-corrected chi connectivity index (χ2v) is 7.72. The summed E-state index contributed by atoms with van der Waals surface area (Å²) in [6, 6.07) is 8.03. The molecule has 1 unspecified atom stereocenters. The summed E-state index contributed by atoms with van der Waals surface area (Å²) in [4.78, 5) is 12.0. The predicted octanol–water partition coefficient (Wildman–Crippen LogP) is 2.83. The quantitative estimate of drug-likeness (QED) is 0.779. The maximum atomic E-state index is 12.1. The maximum Gasteiger partial charge on any atom is 0.232 e. The maximum absolute atomic E-state index is 12.1. The van der Waals surface area contributed by atoms with Crippen LogP contribution in [0.1, 0.15) is 44.1 Å². The van der Waals surface area contributed by atoms with E-state index in [1.165, 1.54) is 25.7 Å². The van der Waals surface area contributed by atoms with Gasteiger partial charge in [-0.2, -0.15) is 0 Å². The highest BCUT2D eigenvalue weighted by Crippen LogP contribution is 2.17. The molecule has 0 heterocycles. The van der Waals surface area contributed by atoms with Crippen molar-refractivity contribution in [3.8, 4) is 5.75 Å². The van der Waals surface area contributed by atoms with Gasteiger partial charge in [0, 0.05) is 22.6 Å². The number of carbonyl (C=O) groups excluding carboxylic acids is 1. The van der Waals surface area contributed by atoms with Crippen LogP contribution in [0.3, 0.4) is 0 Å². The summed E-state index contributed by atoms with van der Waals surface area (Å²) in [6.07, 6.45) is 7.74. The molecule has 1 aliphatic carbocycles. The van der Waals surface area contributed by atoms with Crippen LogP contribution >= 0.6 is 0 Å². The number of aryl methyl sites for hydroxylation is 1. The van der Waals surface area contributed by atoms with Crippen molar-refractivity contribution in [3.05, 3.63) is 29.8 Å². The van der Waals surface area contributed by atoms with Crippen molar-refractivity contribution in [1.29, 1.82) is 0 Å². The summed E-state index contributed by atoms with van der Waals surface area (Å²) < 4.78 is 17.2. The minimum atomic E-state index is -1.11. The Hall–Kier alpha value is -1.36. The first-order valence-electron chi connectivity index (χ1n) is 8.44. The van der Waals surface area contributed by atoms with Crippen molar-refractivity contribution in [1.82, 2.24) is 5.32 Å². The number of rotatable bonds is 7. The van der Waals surface area contributed by atoms with Crippen molar-refractivity contribution in [2.24, 2.45) is 0 Å². The van der Waals surface area contributed by atoms with Crippen molar-refractivity contribution in [3.63, 3.8) is 0 Å². The predicted molar refractivity (Wildman–Crippen MR) is 94.2 cm³/mol. The van der Waals surface area contributed by atoms with Gasteiger partial charge in [-0.05, 0) is 37.0 Å². The zero-order chi connectivity index (χ0) is 16.5. The zero-order valence-electron chi connectivity index (χ0n) is 13.9. The van der Waals surface area contributed by atoms with E-state index in [1.54, 1.807) is 7.11 Å². The molecule has 1 N–H and O–H groups in total. The Morgan fingerprint density at radius 1 is 1.17 bits per heavy atom. The molecule has 1 saturated carbocycles. The number of nitrogens with one attached hydrogen (secondary N) is 1. The summed E-state index contributed by atoms with van der Waals surface area (Å²) in [6.45, 7) is 0. The molecule has 23 heavy (non-hydrogen) atoms.